The summed E-state index contributed by atoms with van der Waals surface area (Å²) in [7, 11) is 0. The lowest BCUT2D eigenvalue weighted by Crippen LogP contribution is -2.37. The van der Waals surface area contributed by atoms with Crippen LogP contribution in [0.1, 0.15) is 5.89 Å². The Hall–Kier alpha value is -4.05. The zero-order valence-corrected chi connectivity index (χ0v) is 17.6. The maximum absolute atomic E-state index is 13.9. The first-order chi connectivity index (χ1) is 16.2. The minimum Gasteiger partial charge on any atom is -0.439 e. The number of hydrogen-bond donors (Lipinski definition) is 1. The van der Waals surface area contributed by atoms with Gasteiger partial charge in [0.2, 0.25) is 11.8 Å². The summed E-state index contributed by atoms with van der Waals surface area (Å²) in [6, 6.07) is 13.9. The molecular formula is C23H20FN7O2. The van der Waals surface area contributed by atoms with Crippen molar-refractivity contribution in [1.29, 1.82) is 0 Å². The van der Waals surface area contributed by atoms with Gasteiger partial charge in [-0.15, -0.1) is 0 Å². The van der Waals surface area contributed by atoms with Crippen LogP contribution in [0.3, 0.4) is 0 Å². The van der Waals surface area contributed by atoms with Gasteiger partial charge in [-0.05, 0) is 30.3 Å². The summed E-state index contributed by atoms with van der Waals surface area (Å²) in [4.78, 5) is 20.6. The number of nitrogens with one attached hydrogen (secondary N) is 1. The van der Waals surface area contributed by atoms with Crippen molar-refractivity contribution in [2.75, 3.05) is 36.5 Å². The topological polar surface area (TPSA) is 94.1 Å². The van der Waals surface area contributed by atoms with E-state index in [0.29, 0.717) is 67.4 Å². The summed E-state index contributed by atoms with van der Waals surface area (Å²) in [5.41, 5.74) is 3.32. The molecule has 0 aliphatic carbocycles. The van der Waals surface area contributed by atoms with Crippen LogP contribution in [0.2, 0.25) is 0 Å². The average Bonchev–Trinajstić information content (AvgIpc) is 3.47. The van der Waals surface area contributed by atoms with Gasteiger partial charge in [-0.3, -0.25) is 4.57 Å². The van der Waals surface area contributed by atoms with Gasteiger partial charge in [0.05, 0.1) is 25.4 Å². The van der Waals surface area contributed by atoms with Crippen molar-refractivity contribution in [2.24, 2.45) is 0 Å². The van der Waals surface area contributed by atoms with Gasteiger partial charge in [-0.2, -0.15) is 9.97 Å². The number of oxazole rings is 1. The summed E-state index contributed by atoms with van der Waals surface area (Å²) in [6.45, 7) is 2.91. The maximum atomic E-state index is 13.9. The van der Waals surface area contributed by atoms with E-state index in [4.69, 9.17) is 19.1 Å². The number of hydrogen-bond acceptors (Lipinski definition) is 8. The number of morpholine rings is 1. The van der Waals surface area contributed by atoms with Crippen molar-refractivity contribution in [3.05, 3.63) is 66.6 Å². The Labute approximate surface area is 187 Å². The van der Waals surface area contributed by atoms with Crippen LogP contribution in [0.4, 0.5) is 16.2 Å². The van der Waals surface area contributed by atoms with Crippen LogP contribution in [0.25, 0.3) is 28.0 Å². The van der Waals surface area contributed by atoms with Crippen LogP contribution in [-0.4, -0.2) is 50.8 Å². The van der Waals surface area contributed by atoms with E-state index in [2.05, 4.69) is 20.2 Å². The minimum atomic E-state index is -0.328. The summed E-state index contributed by atoms with van der Waals surface area (Å²) in [6.07, 6.45) is 1.63. The van der Waals surface area contributed by atoms with Crippen molar-refractivity contribution in [2.45, 2.75) is 6.54 Å². The number of nitrogens with zero attached hydrogens (tertiary/aromatic N) is 6. The molecule has 1 aliphatic heterocycles. The zero-order chi connectivity index (χ0) is 22.2. The molecule has 0 bridgehead atoms. The van der Waals surface area contributed by atoms with Crippen molar-refractivity contribution in [3.8, 4) is 5.69 Å². The van der Waals surface area contributed by atoms with Gasteiger partial charge in [-0.25, -0.2) is 14.4 Å². The molecule has 0 unspecified atom stereocenters. The van der Waals surface area contributed by atoms with E-state index in [-0.39, 0.29) is 5.82 Å². The molecule has 0 amide bonds. The van der Waals surface area contributed by atoms with E-state index in [1.54, 1.807) is 17.0 Å². The van der Waals surface area contributed by atoms with Crippen LogP contribution < -0.4 is 10.2 Å². The molecule has 6 rings (SSSR count). The fraction of sp³-hybridized carbons (Fsp3) is 0.217. The molecule has 0 atom stereocenters. The second-order valence-corrected chi connectivity index (χ2v) is 7.67. The minimum absolute atomic E-state index is 0.328. The van der Waals surface area contributed by atoms with Gasteiger partial charge >= 0.3 is 0 Å². The number of fused-ring (bicyclic) bond motifs is 2. The number of ether oxygens (including phenoxy) is 1. The highest BCUT2D eigenvalue weighted by atomic mass is 19.1. The quantitative estimate of drug-likeness (QED) is 0.439. The first-order valence-corrected chi connectivity index (χ1v) is 10.7. The van der Waals surface area contributed by atoms with Gasteiger partial charge in [0.25, 0.3) is 0 Å². The second-order valence-electron chi connectivity index (χ2n) is 7.67. The van der Waals surface area contributed by atoms with Crippen molar-refractivity contribution in [1.82, 2.24) is 24.5 Å². The largest absolute Gasteiger partial charge is 0.439 e. The molecule has 0 radical (unpaired) electrons. The van der Waals surface area contributed by atoms with Gasteiger partial charge in [-0.1, -0.05) is 18.2 Å². The Morgan fingerprint density at radius 2 is 1.88 bits per heavy atom. The number of anilines is 2. The fourth-order valence-electron chi connectivity index (χ4n) is 3.89. The van der Waals surface area contributed by atoms with Crippen LogP contribution in [0, 0.1) is 5.82 Å². The number of aromatic nitrogens is 5. The molecule has 1 saturated heterocycles. The summed E-state index contributed by atoms with van der Waals surface area (Å²) < 4.78 is 26.9. The van der Waals surface area contributed by atoms with Gasteiger partial charge in [0, 0.05) is 13.1 Å². The zero-order valence-electron chi connectivity index (χ0n) is 17.6. The number of para-hydroxylation sites is 2. The fourth-order valence-corrected chi connectivity index (χ4v) is 3.89. The van der Waals surface area contributed by atoms with E-state index >= 15 is 0 Å². The van der Waals surface area contributed by atoms with Gasteiger partial charge in [0.1, 0.15) is 17.7 Å². The lowest BCUT2D eigenvalue weighted by atomic mass is 10.3. The smallest absolute Gasteiger partial charge is 0.229 e. The number of imidazole rings is 1. The van der Waals surface area contributed by atoms with E-state index in [9.17, 15) is 4.39 Å². The highest BCUT2D eigenvalue weighted by Gasteiger charge is 2.20. The molecule has 1 aliphatic rings. The third-order valence-corrected chi connectivity index (χ3v) is 5.51. The number of benzene rings is 2. The SMILES string of the molecule is Fc1cccc(-n2cnc3c(NCc4nc5ccccc5o4)nc(N4CCOCC4)nc32)c1. The highest BCUT2D eigenvalue weighted by Crippen LogP contribution is 2.26. The number of rotatable bonds is 5. The van der Waals surface area contributed by atoms with Gasteiger partial charge < -0.3 is 19.4 Å². The van der Waals surface area contributed by atoms with Crippen molar-refractivity contribution in [3.63, 3.8) is 0 Å². The van der Waals surface area contributed by atoms with E-state index in [0.717, 1.165) is 11.1 Å². The number of halogens is 1. The molecule has 0 spiro atoms. The Balaban J connectivity index is 1.41. The summed E-state index contributed by atoms with van der Waals surface area (Å²) in [5, 5.41) is 3.31. The van der Waals surface area contributed by atoms with Crippen molar-refractivity contribution >= 4 is 34.0 Å². The first-order valence-electron chi connectivity index (χ1n) is 10.7. The third kappa shape index (κ3) is 3.74. The monoisotopic (exact) mass is 445 g/mol. The molecular weight excluding hydrogens is 425 g/mol. The van der Waals surface area contributed by atoms with E-state index in [1.165, 1.54) is 12.1 Å². The van der Waals surface area contributed by atoms with E-state index < -0.39 is 0 Å². The molecule has 33 heavy (non-hydrogen) atoms. The Kier molecular flexibility index (Phi) is 4.84. The molecule has 10 heteroatoms. The lowest BCUT2D eigenvalue weighted by Gasteiger charge is -2.27. The molecule has 3 aromatic heterocycles. The molecule has 4 heterocycles. The standard InChI is InChI=1S/C23H20FN7O2/c24-15-4-3-5-16(12-15)31-14-26-20-21(25-13-19-27-17-6-1-2-7-18(17)33-19)28-23(29-22(20)31)30-8-10-32-11-9-30/h1-7,12,14H,8-11,13H2,(H,25,28,29). The molecule has 2 aromatic carbocycles. The normalized spacial score (nSPS) is 14.3. The van der Waals surface area contributed by atoms with Crippen molar-refractivity contribution < 1.29 is 13.5 Å². The lowest BCUT2D eigenvalue weighted by molar-refractivity contribution is 0.122. The summed E-state index contributed by atoms with van der Waals surface area (Å²) in [5.74, 6) is 1.33. The van der Waals surface area contributed by atoms with Crippen LogP contribution in [0.15, 0.2) is 59.3 Å². The predicted octanol–water partition coefficient (Wildman–Crippen LogP) is 3.54. The average molecular weight is 445 g/mol. The predicted molar refractivity (Wildman–Crippen MR) is 121 cm³/mol. The van der Waals surface area contributed by atoms with Gasteiger partial charge in [0.15, 0.2) is 22.6 Å². The first kappa shape index (κ1) is 19.6. The third-order valence-electron chi connectivity index (χ3n) is 5.51. The van der Waals surface area contributed by atoms with Crippen LogP contribution in [0.5, 0.6) is 0 Å². The van der Waals surface area contributed by atoms with E-state index in [1.807, 2.05) is 30.3 Å². The molecule has 5 aromatic rings. The Morgan fingerprint density at radius 1 is 1.00 bits per heavy atom. The Morgan fingerprint density at radius 3 is 2.73 bits per heavy atom. The highest BCUT2D eigenvalue weighted by molar-refractivity contribution is 5.85. The molecule has 166 valence electrons. The van der Waals surface area contributed by atoms with Crippen LogP contribution in [-0.2, 0) is 11.3 Å². The second kappa shape index (κ2) is 8.14. The summed E-state index contributed by atoms with van der Waals surface area (Å²) >= 11 is 0. The van der Waals surface area contributed by atoms with Crippen LogP contribution >= 0.6 is 0 Å². The molecule has 1 fully saturated rings. The Bertz CT molecular complexity index is 1410. The molecule has 1 N–H and O–H groups in total. The maximum Gasteiger partial charge on any atom is 0.229 e. The molecule has 0 saturated carbocycles. The molecule has 9 nitrogen and oxygen atoms in total.